The van der Waals surface area contributed by atoms with E-state index in [9.17, 15) is 18.8 Å². The van der Waals surface area contributed by atoms with Crippen molar-refractivity contribution in [3.8, 4) is 5.75 Å². The molecule has 0 saturated carbocycles. The summed E-state index contributed by atoms with van der Waals surface area (Å²) in [7, 11) is 1.55. The van der Waals surface area contributed by atoms with Crippen LogP contribution in [0.15, 0.2) is 72.8 Å². The molecule has 0 radical (unpaired) electrons. The molecule has 0 aliphatic carbocycles. The third-order valence-corrected chi connectivity index (χ3v) is 6.17. The molecule has 0 aromatic heterocycles. The van der Waals surface area contributed by atoms with Crippen molar-refractivity contribution < 1.29 is 23.5 Å². The highest BCUT2D eigenvalue weighted by Crippen LogP contribution is 2.23. The van der Waals surface area contributed by atoms with Crippen LogP contribution in [0.1, 0.15) is 28.8 Å². The summed E-state index contributed by atoms with van der Waals surface area (Å²) in [6.07, 6.45) is 1.50. The first kappa shape index (κ1) is 24.9. The average molecular weight is 490 g/mol. The fourth-order valence-corrected chi connectivity index (χ4v) is 4.23. The number of para-hydroxylation sites is 1. The van der Waals surface area contributed by atoms with Gasteiger partial charge in [-0.15, -0.1) is 0 Å². The molecule has 3 amide bonds. The molecule has 7 nitrogen and oxygen atoms in total. The average Bonchev–Trinajstić information content (AvgIpc) is 2.90. The summed E-state index contributed by atoms with van der Waals surface area (Å²) in [5.74, 6) is -0.832. The molecule has 1 atom stereocenters. The van der Waals surface area contributed by atoms with Gasteiger partial charge >= 0.3 is 0 Å². The van der Waals surface area contributed by atoms with Crippen LogP contribution >= 0.6 is 0 Å². The highest BCUT2D eigenvalue weighted by Gasteiger charge is 2.29. The Hall–Kier alpha value is -4.20. The number of rotatable bonds is 7. The number of benzene rings is 3. The lowest BCUT2D eigenvalue weighted by atomic mass is 9.96. The van der Waals surface area contributed by atoms with Gasteiger partial charge in [0.25, 0.3) is 5.91 Å². The van der Waals surface area contributed by atoms with E-state index in [2.05, 4.69) is 10.6 Å². The number of nitrogens with one attached hydrogen (secondary N) is 2. The number of hydrogen-bond acceptors (Lipinski definition) is 4. The molecule has 0 spiro atoms. The van der Waals surface area contributed by atoms with E-state index < -0.39 is 5.92 Å². The first-order valence-corrected chi connectivity index (χ1v) is 11.8. The number of hydrogen-bond donors (Lipinski definition) is 2. The van der Waals surface area contributed by atoms with Crippen LogP contribution in [0.25, 0.3) is 0 Å². The molecule has 2 N–H and O–H groups in total. The van der Waals surface area contributed by atoms with Crippen molar-refractivity contribution in [3.05, 3.63) is 89.7 Å². The van der Waals surface area contributed by atoms with E-state index in [1.54, 1.807) is 72.7 Å². The van der Waals surface area contributed by atoms with Crippen molar-refractivity contribution in [2.45, 2.75) is 19.3 Å². The molecule has 1 aliphatic rings. The van der Waals surface area contributed by atoms with Crippen LogP contribution in [-0.4, -0.2) is 42.8 Å². The minimum absolute atomic E-state index is 0.0998. The summed E-state index contributed by atoms with van der Waals surface area (Å²) in [6.45, 7) is 0.868. The van der Waals surface area contributed by atoms with E-state index in [0.29, 0.717) is 48.6 Å². The smallest absolute Gasteiger partial charge is 0.257 e. The third kappa shape index (κ3) is 6.27. The Labute approximate surface area is 209 Å². The molecule has 1 fully saturated rings. The standard InChI is InChI=1S/C28H28FN3O4/c1-36-23-8-4-7-22(17-23)30-28(35)24-9-2-3-10-25(24)31-27(34)20-6-5-15-32(18-20)26(33)16-19-11-13-21(29)14-12-19/h2-4,7-14,17,20H,5-6,15-16,18H2,1H3,(H,30,35)(H,31,34). The number of nitrogens with zero attached hydrogens (tertiary/aromatic N) is 1. The van der Waals surface area contributed by atoms with E-state index in [1.807, 2.05) is 0 Å². The number of carbonyl (C=O) groups excluding carboxylic acids is 3. The van der Waals surface area contributed by atoms with Crippen LogP contribution < -0.4 is 15.4 Å². The Bertz CT molecular complexity index is 1250. The molecule has 3 aromatic carbocycles. The lowest BCUT2D eigenvalue weighted by Gasteiger charge is -2.32. The van der Waals surface area contributed by atoms with Gasteiger partial charge in [-0.05, 0) is 54.8 Å². The molecular formula is C28H28FN3O4. The molecule has 8 heteroatoms. The maximum atomic E-state index is 13.1. The maximum Gasteiger partial charge on any atom is 0.257 e. The molecule has 4 rings (SSSR count). The fourth-order valence-electron chi connectivity index (χ4n) is 4.23. The summed E-state index contributed by atoms with van der Waals surface area (Å²) in [6, 6.07) is 19.7. The normalized spacial score (nSPS) is 15.2. The lowest BCUT2D eigenvalue weighted by Crippen LogP contribution is -2.44. The number of anilines is 2. The number of piperidine rings is 1. The van der Waals surface area contributed by atoms with Gasteiger partial charge in [0.15, 0.2) is 0 Å². The first-order valence-electron chi connectivity index (χ1n) is 11.8. The monoisotopic (exact) mass is 489 g/mol. The van der Waals surface area contributed by atoms with Gasteiger partial charge in [0, 0.05) is 24.8 Å². The lowest BCUT2D eigenvalue weighted by molar-refractivity contribution is -0.133. The van der Waals surface area contributed by atoms with Crippen molar-refractivity contribution in [1.29, 1.82) is 0 Å². The van der Waals surface area contributed by atoms with Crippen LogP contribution in [0.2, 0.25) is 0 Å². The van der Waals surface area contributed by atoms with Crippen molar-refractivity contribution in [3.63, 3.8) is 0 Å². The van der Waals surface area contributed by atoms with Crippen LogP contribution in [0.4, 0.5) is 15.8 Å². The number of likely N-dealkylation sites (tertiary alicyclic amines) is 1. The number of carbonyl (C=O) groups is 3. The number of amides is 3. The Morgan fingerprint density at radius 1 is 1.00 bits per heavy atom. The summed E-state index contributed by atoms with van der Waals surface area (Å²) in [5.41, 5.74) is 2.03. The van der Waals surface area contributed by atoms with Gasteiger partial charge in [-0.1, -0.05) is 30.3 Å². The second-order valence-electron chi connectivity index (χ2n) is 8.70. The maximum absolute atomic E-state index is 13.1. The second kappa shape index (κ2) is 11.5. The SMILES string of the molecule is COc1cccc(NC(=O)c2ccccc2NC(=O)C2CCCN(C(=O)Cc3ccc(F)cc3)C2)c1. The zero-order valence-corrected chi connectivity index (χ0v) is 20.0. The van der Waals surface area contributed by atoms with E-state index in [0.717, 1.165) is 5.56 Å². The fraction of sp³-hybridized carbons (Fsp3) is 0.250. The topological polar surface area (TPSA) is 87.7 Å². The molecule has 1 unspecified atom stereocenters. The zero-order valence-electron chi connectivity index (χ0n) is 20.0. The van der Waals surface area contributed by atoms with Crippen molar-refractivity contribution >= 4 is 29.1 Å². The van der Waals surface area contributed by atoms with Gasteiger partial charge in [-0.25, -0.2) is 4.39 Å². The van der Waals surface area contributed by atoms with Crippen LogP contribution in [0.3, 0.4) is 0 Å². The van der Waals surface area contributed by atoms with Gasteiger partial charge in [-0.3, -0.25) is 14.4 Å². The van der Waals surface area contributed by atoms with Crippen LogP contribution in [-0.2, 0) is 16.0 Å². The number of halogens is 1. The van der Waals surface area contributed by atoms with Gasteiger partial charge in [0.1, 0.15) is 11.6 Å². The molecule has 1 heterocycles. The van der Waals surface area contributed by atoms with Crippen LogP contribution in [0.5, 0.6) is 5.75 Å². The number of ether oxygens (including phenoxy) is 1. The summed E-state index contributed by atoms with van der Waals surface area (Å²) in [4.78, 5) is 40.5. The molecular weight excluding hydrogens is 461 g/mol. The highest BCUT2D eigenvalue weighted by molar-refractivity contribution is 6.10. The molecule has 36 heavy (non-hydrogen) atoms. The summed E-state index contributed by atoms with van der Waals surface area (Å²) < 4.78 is 18.3. The minimum Gasteiger partial charge on any atom is -0.497 e. The van der Waals surface area contributed by atoms with Crippen molar-refractivity contribution in [2.24, 2.45) is 5.92 Å². The molecule has 1 aliphatic heterocycles. The number of methoxy groups -OCH3 is 1. The largest absolute Gasteiger partial charge is 0.497 e. The molecule has 1 saturated heterocycles. The van der Waals surface area contributed by atoms with E-state index in [-0.39, 0.29) is 30.0 Å². The predicted molar refractivity (Wildman–Crippen MR) is 135 cm³/mol. The molecule has 186 valence electrons. The van der Waals surface area contributed by atoms with Crippen molar-refractivity contribution in [1.82, 2.24) is 4.90 Å². The Morgan fingerprint density at radius 2 is 1.78 bits per heavy atom. The van der Waals surface area contributed by atoms with Gasteiger partial charge in [-0.2, -0.15) is 0 Å². The summed E-state index contributed by atoms with van der Waals surface area (Å²) >= 11 is 0. The Balaban J connectivity index is 1.39. The first-order chi connectivity index (χ1) is 17.4. The Morgan fingerprint density at radius 3 is 2.56 bits per heavy atom. The van der Waals surface area contributed by atoms with Gasteiger partial charge in [0.2, 0.25) is 11.8 Å². The van der Waals surface area contributed by atoms with E-state index >= 15 is 0 Å². The quantitative estimate of drug-likeness (QED) is 0.511. The van der Waals surface area contributed by atoms with Crippen molar-refractivity contribution in [2.75, 3.05) is 30.8 Å². The summed E-state index contributed by atoms with van der Waals surface area (Å²) in [5, 5.41) is 5.71. The zero-order chi connectivity index (χ0) is 25.5. The highest BCUT2D eigenvalue weighted by atomic mass is 19.1. The van der Waals surface area contributed by atoms with Gasteiger partial charge in [0.05, 0.1) is 30.7 Å². The van der Waals surface area contributed by atoms with E-state index in [4.69, 9.17) is 4.74 Å². The predicted octanol–water partition coefficient (Wildman–Crippen LogP) is 4.51. The third-order valence-electron chi connectivity index (χ3n) is 6.17. The Kier molecular flexibility index (Phi) is 7.95. The van der Waals surface area contributed by atoms with Gasteiger partial charge < -0.3 is 20.3 Å². The minimum atomic E-state index is -0.398. The molecule has 3 aromatic rings. The second-order valence-corrected chi connectivity index (χ2v) is 8.70. The van der Waals surface area contributed by atoms with E-state index in [1.165, 1.54) is 12.1 Å². The molecule has 0 bridgehead atoms. The van der Waals surface area contributed by atoms with Crippen LogP contribution in [0, 0.1) is 11.7 Å².